The lowest BCUT2D eigenvalue weighted by atomic mass is 9.67. The molecule has 0 bridgehead atoms. The first-order valence-electron chi connectivity index (χ1n) is 16.1. The highest BCUT2D eigenvalue weighted by Gasteiger charge is 2.47. The fourth-order valence-electron chi connectivity index (χ4n) is 7.37. The summed E-state index contributed by atoms with van der Waals surface area (Å²) in [5.41, 5.74) is 9.45. The molecule has 1 aliphatic carbocycles. The van der Waals surface area contributed by atoms with Crippen LogP contribution in [-0.2, 0) is 5.41 Å². The molecule has 0 amide bonds. The zero-order chi connectivity index (χ0) is 32.1. The summed E-state index contributed by atoms with van der Waals surface area (Å²) < 4.78 is 0. The second kappa shape index (κ2) is 11.4. The van der Waals surface area contributed by atoms with E-state index in [2.05, 4.69) is 109 Å². The number of fused-ring (bicyclic) bond motifs is 5. The molecule has 0 aliphatic heterocycles. The minimum absolute atomic E-state index is 0.580. The summed E-state index contributed by atoms with van der Waals surface area (Å²) in [6, 6.07) is 59.1. The molecule has 0 radical (unpaired) electrons. The molecule has 1 heterocycles. The average Bonchev–Trinajstić information content (AvgIpc) is 3.46. The lowest BCUT2D eigenvalue weighted by Gasteiger charge is -2.34. The molecule has 8 aromatic rings. The molecule has 1 unspecified atom stereocenters. The number of halogens is 1. The van der Waals surface area contributed by atoms with Crippen LogP contribution in [0.3, 0.4) is 0 Å². The summed E-state index contributed by atoms with van der Waals surface area (Å²) in [4.78, 5) is 14.8. The Kier molecular flexibility index (Phi) is 6.74. The predicted octanol–water partition coefficient (Wildman–Crippen LogP) is 11.0. The summed E-state index contributed by atoms with van der Waals surface area (Å²) in [5.74, 6) is 1.91. The molecule has 0 N–H and O–H groups in total. The minimum atomic E-state index is -0.580. The highest BCUT2D eigenvalue weighted by molar-refractivity contribution is 6.36. The third-order valence-corrected chi connectivity index (χ3v) is 9.79. The van der Waals surface area contributed by atoms with E-state index < -0.39 is 5.41 Å². The Morgan fingerprint density at radius 3 is 1.46 bits per heavy atom. The largest absolute Gasteiger partial charge is 0.208 e. The molecule has 226 valence electrons. The van der Waals surface area contributed by atoms with Gasteiger partial charge in [-0.25, -0.2) is 15.0 Å². The summed E-state index contributed by atoms with van der Waals surface area (Å²) in [6.45, 7) is 0. The summed E-state index contributed by atoms with van der Waals surface area (Å²) >= 11 is 7.10. The predicted molar refractivity (Wildman–Crippen MR) is 196 cm³/mol. The number of nitrogens with zero attached hydrogens (tertiary/aromatic N) is 3. The molecule has 0 fully saturated rings. The van der Waals surface area contributed by atoms with Crippen molar-refractivity contribution in [2.45, 2.75) is 5.41 Å². The third-order valence-electron chi connectivity index (χ3n) is 9.48. The van der Waals surface area contributed by atoms with Crippen LogP contribution in [-0.4, -0.2) is 15.0 Å². The van der Waals surface area contributed by atoms with Crippen LogP contribution in [0.5, 0.6) is 0 Å². The molecule has 1 aromatic heterocycles. The third kappa shape index (κ3) is 4.40. The smallest absolute Gasteiger partial charge is 0.164 e. The summed E-state index contributed by atoms with van der Waals surface area (Å²) in [5, 5.41) is 2.97. The lowest BCUT2D eigenvalue weighted by Crippen LogP contribution is -2.28. The van der Waals surface area contributed by atoms with Gasteiger partial charge in [0, 0.05) is 27.1 Å². The molecule has 0 saturated carbocycles. The Hall–Kier alpha value is -5.90. The van der Waals surface area contributed by atoms with Crippen LogP contribution in [0.1, 0.15) is 22.3 Å². The monoisotopic (exact) mass is 633 g/mol. The van der Waals surface area contributed by atoms with Crippen LogP contribution in [0, 0.1) is 0 Å². The number of hydrogen-bond acceptors (Lipinski definition) is 3. The van der Waals surface area contributed by atoms with Crippen molar-refractivity contribution >= 4 is 22.4 Å². The lowest BCUT2D eigenvalue weighted by molar-refractivity contribution is 0.769. The Bertz CT molecular complexity index is 2390. The maximum absolute atomic E-state index is 7.10. The van der Waals surface area contributed by atoms with E-state index in [1.807, 2.05) is 60.7 Å². The van der Waals surface area contributed by atoms with Gasteiger partial charge in [0.1, 0.15) is 0 Å². The Morgan fingerprint density at radius 1 is 0.396 bits per heavy atom. The maximum Gasteiger partial charge on any atom is 0.164 e. The van der Waals surface area contributed by atoms with E-state index in [4.69, 9.17) is 26.6 Å². The van der Waals surface area contributed by atoms with Gasteiger partial charge >= 0.3 is 0 Å². The summed E-state index contributed by atoms with van der Waals surface area (Å²) in [7, 11) is 0. The Balaban J connectivity index is 1.27. The van der Waals surface area contributed by atoms with Gasteiger partial charge in [-0.05, 0) is 44.8 Å². The molecule has 4 heteroatoms. The summed E-state index contributed by atoms with van der Waals surface area (Å²) in [6.07, 6.45) is 0. The fourth-order valence-corrected chi connectivity index (χ4v) is 7.65. The Labute approximate surface area is 284 Å². The first-order chi connectivity index (χ1) is 23.7. The van der Waals surface area contributed by atoms with E-state index in [1.165, 1.54) is 27.8 Å². The van der Waals surface area contributed by atoms with Crippen molar-refractivity contribution in [3.05, 3.63) is 197 Å². The molecule has 0 spiro atoms. The fraction of sp³-hybridized carbons (Fsp3) is 0.0227. The molecule has 3 nitrogen and oxygen atoms in total. The molecule has 48 heavy (non-hydrogen) atoms. The molecular formula is C44H28ClN3. The van der Waals surface area contributed by atoms with Gasteiger partial charge in [0.2, 0.25) is 0 Å². The van der Waals surface area contributed by atoms with Gasteiger partial charge in [-0.1, -0.05) is 175 Å². The molecule has 7 aromatic carbocycles. The van der Waals surface area contributed by atoms with Crippen LogP contribution in [0.4, 0.5) is 0 Å². The van der Waals surface area contributed by atoms with Crippen LogP contribution in [0.2, 0.25) is 5.02 Å². The minimum Gasteiger partial charge on any atom is -0.208 e. The SMILES string of the molecule is Clc1cc2c(c3ccccc13)-c1ccccc1C2(c1ccccc1)c1ccc(-c2nc(-c3ccccc3)nc(-c3ccccc3)n2)cc1. The van der Waals surface area contributed by atoms with Crippen LogP contribution >= 0.6 is 11.6 Å². The molecular weight excluding hydrogens is 606 g/mol. The van der Waals surface area contributed by atoms with Gasteiger partial charge in [0.25, 0.3) is 0 Å². The number of aromatic nitrogens is 3. The topological polar surface area (TPSA) is 38.7 Å². The normalized spacial score (nSPS) is 14.9. The first-order valence-corrected chi connectivity index (χ1v) is 16.4. The van der Waals surface area contributed by atoms with Crippen LogP contribution < -0.4 is 0 Å². The van der Waals surface area contributed by atoms with Crippen molar-refractivity contribution in [3.63, 3.8) is 0 Å². The number of benzene rings is 7. The van der Waals surface area contributed by atoms with E-state index in [-0.39, 0.29) is 0 Å². The first kappa shape index (κ1) is 28.3. The van der Waals surface area contributed by atoms with Crippen LogP contribution in [0.25, 0.3) is 56.1 Å². The van der Waals surface area contributed by atoms with Crippen molar-refractivity contribution in [2.24, 2.45) is 0 Å². The van der Waals surface area contributed by atoms with Gasteiger partial charge in [0.05, 0.1) is 5.41 Å². The van der Waals surface area contributed by atoms with Gasteiger partial charge in [-0.2, -0.15) is 0 Å². The van der Waals surface area contributed by atoms with E-state index in [1.54, 1.807) is 0 Å². The molecule has 9 rings (SSSR count). The second-order valence-electron chi connectivity index (χ2n) is 12.1. The van der Waals surface area contributed by atoms with Crippen molar-refractivity contribution in [1.29, 1.82) is 0 Å². The molecule has 1 atom stereocenters. The highest BCUT2D eigenvalue weighted by Crippen LogP contribution is 2.58. The van der Waals surface area contributed by atoms with Gasteiger partial charge in [0.15, 0.2) is 17.5 Å². The second-order valence-corrected chi connectivity index (χ2v) is 12.5. The average molecular weight is 634 g/mol. The zero-order valence-corrected chi connectivity index (χ0v) is 26.6. The van der Waals surface area contributed by atoms with Crippen molar-refractivity contribution in [2.75, 3.05) is 0 Å². The number of hydrogen-bond donors (Lipinski definition) is 0. The molecule has 1 aliphatic rings. The van der Waals surface area contributed by atoms with Crippen molar-refractivity contribution < 1.29 is 0 Å². The molecule has 0 saturated heterocycles. The van der Waals surface area contributed by atoms with Crippen LogP contribution in [0.15, 0.2) is 170 Å². The van der Waals surface area contributed by atoms with E-state index in [0.29, 0.717) is 17.5 Å². The standard InChI is InChI=1S/C44H28ClN3/c45-39-28-38-40(35-21-11-10-20-34(35)39)36-22-12-13-23-37(36)44(38,32-18-8-3-9-19-32)33-26-24-31(25-27-33)43-47-41(29-14-4-1-5-15-29)46-42(48-43)30-16-6-2-7-17-30/h1-28H. The number of rotatable bonds is 5. The van der Waals surface area contributed by atoms with E-state index >= 15 is 0 Å². The zero-order valence-electron chi connectivity index (χ0n) is 25.9. The Morgan fingerprint density at radius 2 is 0.854 bits per heavy atom. The van der Waals surface area contributed by atoms with Gasteiger partial charge in [-0.15, -0.1) is 0 Å². The van der Waals surface area contributed by atoms with E-state index in [9.17, 15) is 0 Å². The van der Waals surface area contributed by atoms with Gasteiger partial charge in [-0.3, -0.25) is 0 Å². The maximum atomic E-state index is 7.10. The highest BCUT2D eigenvalue weighted by atomic mass is 35.5. The quantitative estimate of drug-likeness (QED) is 0.189. The van der Waals surface area contributed by atoms with Gasteiger partial charge < -0.3 is 0 Å². The van der Waals surface area contributed by atoms with E-state index in [0.717, 1.165) is 38.0 Å². The van der Waals surface area contributed by atoms with Crippen molar-refractivity contribution in [3.8, 4) is 45.3 Å². The van der Waals surface area contributed by atoms with Crippen molar-refractivity contribution in [1.82, 2.24) is 15.0 Å².